The van der Waals surface area contributed by atoms with Gasteiger partial charge in [-0.25, -0.2) is 13.2 Å². The van der Waals surface area contributed by atoms with Gasteiger partial charge in [-0.05, 0) is 23.6 Å². The predicted octanol–water partition coefficient (Wildman–Crippen LogP) is 3.28. The molecule has 0 N–H and O–H groups in total. The number of benzene rings is 1. The SMILES string of the molecule is CC(C)COCc1cc(F)c(F)c(F)c1. The topological polar surface area (TPSA) is 9.23 Å². The smallest absolute Gasteiger partial charge is 0.194 e. The van der Waals surface area contributed by atoms with Crippen LogP contribution in [0.4, 0.5) is 13.2 Å². The van der Waals surface area contributed by atoms with Crippen LogP contribution in [-0.4, -0.2) is 6.61 Å². The minimum Gasteiger partial charge on any atom is -0.377 e. The van der Waals surface area contributed by atoms with Gasteiger partial charge in [0.05, 0.1) is 6.61 Å². The number of hydrogen-bond donors (Lipinski definition) is 0. The molecule has 0 spiro atoms. The van der Waals surface area contributed by atoms with Crippen molar-refractivity contribution in [3.05, 3.63) is 35.1 Å². The summed E-state index contributed by atoms with van der Waals surface area (Å²) in [6.45, 7) is 4.52. The summed E-state index contributed by atoms with van der Waals surface area (Å²) in [5.74, 6) is -3.46. The lowest BCUT2D eigenvalue weighted by Crippen LogP contribution is -2.03. The van der Waals surface area contributed by atoms with Crippen LogP contribution in [-0.2, 0) is 11.3 Å². The van der Waals surface area contributed by atoms with Crippen LogP contribution in [0.1, 0.15) is 19.4 Å². The molecule has 1 aromatic rings. The van der Waals surface area contributed by atoms with Crippen molar-refractivity contribution in [2.24, 2.45) is 5.92 Å². The summed E-state index contributed by atoms with van der Waals surface area (Å²) in [5, 5.41) is 0. The van der Waals surface area contributed by atoms with Gasteiger partial charge in [-0.2, -0.15) is 0 Å². The molecule has 1 nitrogen and oxygen atoms in total. The van der Waals surface area contributed by atoms with E-state index >= 15 is 0 Å². The Kier molecular flexibility index (Phi) is 4.15. The van der Waals surface area contributed by atoms with E-state index < -0.39 is 17.5 Å². The van der Waals surface area contributed by atoms with Crippen molar-refractivity contribution >= 4 is 0 Å². The van der Waals surface area contributed by atoms with Gasteiger partial charge in [-0.1, -0.05) is 13.8 Å². The third-order valence-corrected chi connectivity index (χ3v) is 1.76. The molecule has 0 amide bonds. The van der Waals surface area contributed by atoms with Crippen LogP contribution in [0.5, 0.6) is 0 Å². The summed E-state index contributed by atoms with van der Waals surface area (Å²) >= 11 is 0. The Hall–Kier alpha value is -1.03. The van der Waals surface area contributed by atoms with E-state index in [1.165, 1.54) is 0 Å². The van der Waals surface area contributed by atoms with Gasteiger partial charge in [0.1, 0.15) is 0 Å². The van der Waals surface area contributed by atoms with E-state index in [2.05, 4.69) is 0 Å². The predicted molar refractivity (Wildman–Crippen MR) is 50.8 cm³/mol. The fourth-order valence-electron chi connectivity index (χ4n) is 1.10. The van der Waals surface area contributed by atoms with Gasteiger partial charge in [-0.15, -0.1) is 0 Å². The van der Waals surface area contributed by atoms with Crippen molar-refractivity contribution in [2.75, 3.05) is 6.61 Å². The molecule has 1 aromatic carbocycles. The molecule has 0 radical (unpaired) electrons. The molecule has 0 atom stereocenters. The van der Waals surface area contributed by atoms with Gasteiger partial charge in [0.25, 0.3) is 0 Å². The number of hydrogen-bond acceptors (Lipinski definition) is 1. The lowest BCUT2D eigenvalue weighted by molar-refractivity contribution is 0.0966. The molecule has 0 aliphatic heterocycles. The lowest BCUT2D eigenvalue weighted by atomic mass is 10.2. The third-order valence-electron chi connectivity index (χ3n) is 1.76. The highest BCUT2D eigenvalue weighted by atomic mass is 19.2. The summed E-state index contributed by atoms with van der Waals surface area (Å²) in [5.41, 5.74) is 0.298. The molecule has 0 aliphatic rings. The molecule has 0 bridgehead atoms. The maximum Gasteiger partial charge on any atom is 0.194 e. The summed E-state index contributed by atoms with van der Waals surface area (Å²) in [6, 6.07) is 1.89. The molecule has 84 valence electrons. The van der Waals surface area contributed by atoms with Crippen molar-refractivity contribution < 1.29 is 17.9 Å². The van der Waals surface area contributed by atoms with Gasteiger partial charge in [0.2, 0.25) is 0 Å². The molecule has 0 heterocycles. The quantitative estimate of drug-likeness (QED) is 0.705. The fourth-order valence-corrected chi connectivity index (χ4v) is 1.10. The lowest BCUT2D eigenvalue weighted by Gasteiger charge is -2.07. The molecule has 0 aliphatic carbocycles. The van der Waals surface area contributed by atoms with Crippen LogP contribution in [0.3, 0.4) is 0 Å². The monoisotopic (exact) mass is 218 g/mol. The Morgan fingerprint density at radius 1 is 1.13 bits per heavy atom. The van der Waals surface area contributed by atoms with Crippen molar-refractivity contribution in [1.82, 2.24) is 0 Å². The first-order valence-corrected chi connectivity index (χ1v) is 4.72. The second-order valence-corrected chi connectivity index (χ2v) is 3.78. The maximum atomic E-state index is 12.8. The van der Waals surface area contributed by atoms with Crippen molar-refractivity contribution in [3.8, 4) is 0 Å². The van der Waals surface area contributed by atoms with E-state index in [1.54, 1.807) is 0 Å². The molecule has 0 fully saturated rings. The van der Waals surface area contributed by atoms with Gasteiger partial charge >= 0.3 is 0 Å². The first-order chi connectivity index (χ1) is 7.00. The fraction of sp³-hybridized carbons (Fsp3) is 0.455. The first kappa shape index (κ1) is 12.0. The van der Waals surface area contributed by atoms with E-state index in [-0.39, 0.29) is 6.61 Å². The van der Waals surface area contributed by atoms with Crippen molar-refractivity contribution in [3.63, 3.8) is 0 Å². The zero-order valence-corrected chi connectivity index (χ0v) is 8.69. The van der Waals surface area contributed by atoms with Crippen molar-refractivity contribution in [1.29, 1.82) is 0 Å². The van der Waals surface area contributed by atoms with Gasteiger partial charge in [0.15, 0.2) is 17.5 Å². The zero-order chi connectivity index (χ0) is 11.4. The molecule has 4 heteroatoms. The summed E-state index contributed by atoms with van der Waals surface area (Å²) in [7, 11) is 0. The van der Waals surface area contributed by atoms with Gasteiger partial charge < -0.3 is 4.74 Å². The third kappa shape index (κ3) is 3.55. The maximum absolute atomic E-state index is 12.8. The molecule has 1 rings (SSSR count). The Morgan fingerprint density at radius 3 is 2.13 bits per heavy atom. The number of halogens is 3. The second kappa shape index (κ2) is 5.16. The summed E-state index contributed by atoms with van der Waals surface area (Å²) in [6.07, 6.45) is 0. The largest absolute Gasteiger partial charge is 0.377 e. The van der Waals surface area contributed by atoms with Crippen LogP contribution in [0.2, 0.25) is 0 Å². The van der Waals surface area contributed by atoms with E-state index in [0.717, 1.165) is 12.1 Å². The molecule has 0 unspecified atom stereocenters. The normalized spacial score (nSPS) is 11.1. The highest BCUT2D eigenvalue weighted by Crippen LogP contribution is 2.14. The highest BCUT2D eigenvalue weighted by molar-refractivity contribution is 5.18. The number of rotatable bonds is 4. The molecular formula is C11H13F3O. The Balaban J connectivity index is 2.63. The standard InChI is InChI=1S/C11H13F3O/c1-7(2)5-15-6-8-3-9(12)11(14)10(13)4-8/h3-4,7H,5-6H2,1-2H3. The molecule has 0 aromatic heterocycles. The van der Waals surface area contributed by atoms with Crippen LogP contribution < -0.4 is 0 Å². The minimum atomic E-state index is -1.44. The van der Waals surface area contributed by atoms with E-state index in [0.29, 0.717) is 18.1 Å². The Morgan fingerprint density at radius 2 is 1.67 bits per heavy atom. The van der Waals surface area contributed by atoms with Crippen molar-refractivity contribution in [2.45, 2.75) is 20.5 Å². The Bertz CT molecular complexity index is 314. The van der Waals surface area contributed by atoms with E-state index in [1.807, 2.05) is 13.8 Å². The molecule has 0 saturated carbocycles. The average Bonchev–Trinajstić information content (AvgIpc) is 2.13. The van der Waals surface area contributed by atoms with Crippen LogP contribution in [0.15, 0.2) is 12.1 Å². The minimum absolute atomic E-state index is 0.0896. The molecular weight excluding hydrogens is 205 g/mol. The second-order valence-electron chi connectivity index (χ2n) is 3.78. The zero-order valence-electron chi connectivity index (χ0n) is 8.69. The Labute approximate surface area is 86.9 Å². The summed E-state index contributed by atoms with van der Waals surface area (Å²) < 4.78 is 43.3. The summed E-state index contributed by atoms with van der Waals surface area (Å²) in [4.78, 5) is 0. The van der Waals surface area contributed by atoms with E-state index in [4.69, 9.17) is 4.74 Å². The van der Waals surface area contributed by atoms with Crippen LogP contribution in [0.25, 0.3) is 0 Å². The molecule has 15 heavy (non-hydrogen) atoms. The number of ether oxygens (including phenoxy) is 1. The first-order valence-electron chi connectivity index (χ1n) is 4.72. The van der Waals surface area contributed by atoms with Crippen LogP contribution >= 0.6 is 0 Å². The van der Waals surface area contributed by atoms with E-state index in [9.17, 15) is 13.2 Å². The molecule has 0 saturated heterocycles. The van der Waals surface area contributed by atoms with Crippen LogP contribution in [0, 0.1) is 23.4 Å². The van der Waals surface area contributed by atoms with Gasteiger partial charge in [-0.3, -0.25) is 0 Å². The highest BCUT2D eigenvalue weighted by Gasteiger charge is 2.10. The van der Waals surface area contributed by atoms with Gasteiger partial charge in [0, 0.05) is 6.61 Å². The average molecular weight is 218 g/mol.